The van der Waals surface area contributed by atoms with E-state index in [1.165, 1.54) is 0 Å². The Hall–Kier alpha value is -0.420. The third-order valence-corrected chi connectivity index (χ3v) is 3.26. The Bertz CT molecular complexity index is 228. The molecule has 72 valence electrons. The van der Waals surface area contributed by atoms with Gasteiger partial charge in [0.2, 0.25) is 0 Å². The SMILES string of the molecule is CC(C(C)(O)C(=O)O)P(=O)(O)O. The van der Waals surface area contributed by atoms with Crippen LogP contribution in [0.3, 0.4) is 0 Å². The number of hydrogen-bond acceptors (Lipinski definition) is 3. The number of aliphatic carboxylic acids is 1. The molecule has 0 aromatic rings. The molecular weight excluding hydrogens is 187 g/mol. The summed E-state index contributed by atoms with van der Waals surface area (Å²) in [6.07, 6.45) is 0. The molecule has 0 saturated heterocycles. The second-order valence-corrected chi connectivity index (χ2v) is 4.67. The standard InChI is InChI=1S/C5H11O6P/c1-3(12(9,10)11)5(2,8)4(6)7/h3,8H,1-2H3,(H,6,7)(H2,9,10,11). The maximum atomic E-state index is 10.6. The van der Waals surface area contributed by atoms with Crippen molar-refractivity contribution in [3.05, 3.63) is 0 Å². The van der Waals surface area contributed by atoms with E-state index in [0.717, 1.165) is 13.8 Å². The number of carboxylic acids is 1. The van der Waals surface area contributed by atoms with E-state index in [0.29, 0.717) is 0 Å². The maximum absolute atomic E-state index is 10.6. The number of rotatable bonds is 3. The van der Waals surface area contributed by atoms with E-state index >= 15 is 0 Å². The molecule has 0 aliphatic carbocycles. The van der Waals surface area contributed by atoms with Gasteiger partial charge in [-0.25, -0.2) is 4.79 Å². The van der Waals surface area contributed by atoms with Gasteiger partial charge in [0.15, 0.2) is 5.60 Å². The Morgan fingerprint density at radius 1 is 1.50 bits per heavy atom. The van der Waals surface area contributed by atoms with Crippen LogP contribution in [0.2, 0.25) is 0 Å². The summed E-state index contributed by atoms with van der Waals surface area (Å²) < 4.78 is 10.6. The fourth-order valence-electron chi connectivity index (χ4n) is 0.506. The number of carboxylic acid groups (broad SMARTS) is 1. The lowest BCUT2D eigenvalue weighted by atomic mass is 10.0. The van der Waals surface area contributed by atoms with E-state index in [9.17, 15) is 9.36 Å². The van der Waals surface area contributed by atoms with Crippen LogP contribution in [0.25, 0.3) is 0 Å². The summed E-state index contributed by atoms with van der Waals surface area (Å²) in [6.45, 7) is 1.83. The van der Waals surface area contributed by atoms with Crippen molar-refractivity contribution in [3.8, 4) is 0 Å². The van der Waals surface area contributed by atoms with Gasteiger partial charge in [0, 0.05) is 0 Å². The molecule has 0 heterocycles. The Labute approximate surface area is 69.0 Å². The lowest BCUT2D eigenvalue weighted by Gasteiger charge is -2.25. The predicted octanol–water partition coefficient (Wildman–Crippen LogP) is -0.612. The average Bonchev–Trinajstić information content (AvgIpc) is 1.83. The molecule has 0 bridgehead atoms. The highest BCUT2D eigenvalue weighted by Gasteiger charge is 2.45. The van der Waals surface area contributed by atoms with E-state index in [4.69, 9.17) is 20.0 Å². The third-order valence-electron chi connectivity index (χ3n) is 1.75. The quantitative estimate of drug-likeness (QED) is 0.449. The first-order chi connectivity index (χ1) is 5.10. The van der Waals surface area contributed by atoms with Crippen molar-refractivity contribution in [1.82, 2.24) is 0 Å². The Kier molecular flexibility index (Phi) is 3.03. The van der Waals surface area contributed by atoms with Crippen molar-refractivity contribution in [3.63, 3.8) is 0 Å². The zero-order valence-electron chi connectivity index (χ0n) is 6.63. The van der Waals surface area contributed by atoms with Crippen molar-refractivity contribution < 1.29 is 29.4 Å². The van der Waals surface area contributed by atoms with Gasteiger partial charge in [0.1, 0.15) is 0 Å². The van der Waals surface area contributed by atoms with Crippen molar-refractivity contribution in [2.45, 2.75) is 25.1 Å². The fourth-order valence-corrected chi connectivity index (χ4v) is 1.27. The summed E-state index contributed by atoms with van der Waals surface area (Å²) in [6, 6.07) is 0. The minimum absolute atomic E-state index is 0.846. The first-order valence-corrected chi connectivity index (χ1v) is 4.79. The van der Waals surface area contributed by atoms with Crippen LogP contribution in [-0.2, 0) is 9.36 Å². The molecule has 6 nitrogen and oxygen atoms in total. The second kappa shape index (κ2) is 3.14. The van der Waals surface area contributed by atoms with Gasteiger partial charge in [-0.15, -0.1) is 0 Å². The Morgan fingerprint density at radius 2 is 1.83 bits per heavy atom. The molecule has 7 heteroatoms. The summed E-state index contributed by atoms with van der Waals surface area (Å²) >= 11 is 0. The van der Waals surface area contributed by atoms with Crippen LogP contribution >= 0.6 is 7.60 Å². The second-order valence-electron chi connectivity index (χ2n) is 2.72. The minimum atomic E-state index is -4.56. The average molecular weight is 198 g/mol. The van der Waals surface area contributed by atoms with Crippen LogP contribution in [0.1, 0.15) is 13.8 Å². The summed E-state index contributed by atoms with van der Waals surface area (Å²) in [4.78, 5) is 27.4. The molecule has 0 rings (SSSR count). The molecule has 4 N–H and O–H groups in total. The van der Waals surface area contributed by atoms with Gasteiger partial charge in [-0.1, -0.05) is 0 Å². The molecule has 0 aromatic carbocycles. The van der Waals surface area contributed by atoms with E-state index in [-0.39, 0.29) is 0 Å². The topological polar surface area (TPSA) is 115 Å². The molecule has 0 radical (unpaired) electrons. The lowest BCUT2D eigenvalue weighted by Crippen LogP contribution is -2.44. The van der Waals surface area contributed by atoms with Crippen LogP contribution in [0.4, 0.5) is 0 Å². The van der Waals surface area contributed by atoms with E-state index in [1.54, 1.807) is 0 Å². The molecule has 12 heavy (non-hydrogen) atoms. The summed E-state index contributed by atoms with van der Waals surface area (Å²) in [5.41, 5.74) is -4.03. The highest BCUT2D eigenvalue weighted by atomic mass is 31.2. The highest BCUT2D eigenvalue weighted by Crippen LogP contribution is 2.45. The maximum Gasteiger partial charge on any atom is 0.336 e. The molecule has 2 unspecified atom stereocenters. The third kappa shape index (κ3) is 2.28. The first kappa shape index (κ1) is 11.6. The zero-order valence-corrected chi connectivity index (χ0v) is 7.52. The van der Waals surface area contributed by atoms with Crippen molar-refractivity contribution in [2.24, 2.45) is 0 Å². The summed E-state index contributed by atoms with van der Waals surface area (Å²) in [7, 11) is -4.56. The van der Waals surface area contributed by atoms with Gasteiger partial charge < -0.3 is 20.0 Å². The highest BCUT2D eigenvalue weighted by molar-refractivity contribution is 7.52. The molecule has 0 spiro atoms. The van der Waals surface area contributed by atoms with Gasteiger partial charge >= 0.3 is 13.6 Å². The Balaban J connectivity index is 4.82. The zero-order chi connectivity index (χ0) is 10.2. The summed E-state index contributed by atoms with van der Waals surface area (Å²) in [5.74, 6) is -1.65. The van der Waals surface area contributed by atoms with Crippen molar-refractivity contribution >= 4 is 13.6 Å². The van der Waals surface area contributed by atoms with Crippen LogP contribution in [0.15, 0.2) is 0 Å². The van der Waals surface area contributed by atoms with Gasteiger partial charge in [-0.3, -0.25) is 4.57 Å². The van der Waals surface area contributed by atoms with Gasteiger partial charge in [0.05, 0.1) is 5.66 Å². The lowest BCUT2D eigenvalue weighted by molar-refractivity contribution is -0.156. The van der Waals surface area contributed by atoms with Crippen molar-refractivity contribution in [1.29, 1.82) is 0 Å². The molecule has 0 saturated carbocycles. The van der Waals surface area contributed by atoms with Crippen LogP contribution in [0.5, 0.6) is 0 Å². The number of aliphatic hydroxyl groups is 1. The largest absolute Gasteiger partial charge is 0.479 e. The number of hydrogen-bond donors (Lipinski definition) is 4. The molecule has 0 aromatic heterocycles. The monoisotopic (exact) mass is 198 g/mol. The molecular formula is C5H11O6P. The van der Waals surface area contributed by atoms with E-state index in [2.05, 4.69) is 0 Å². The minimum Gasteiger partial charge on any atom is -0.479 e. The van der Waals surface area contributed by atoms with Gasteiger partial charge in [-0.2, -0.15) is 0 Å². The smallest absolute Gasteiger partial charge is 0.336 e. The molecule has 0 fully saturated rings. The van der Waals surface area contributed by atoms with E-state index < -0.39 is 24.8 Å². The summed E-state index contributed by atoms with van der Waals surface area (Å²) in [5, 5.41) is 17.5. The van der Waals surface area contributed by atoms with Crippen LogP contribution < -0.4 is 0 Å². The van der Waals surface area contributed by atoms with Crippen LogP contribution in [-0.4, -0.2) is 37.2 Å². The van der Waals surface area contributed by atoms with Crippen molar-refractivity contribution in [2.75, 3.05) is 0 Å². The molecule has 0 aliphatic heterocycles. The van der Waals surface area contributed by atoms with Gasteiger partial charge in [0.25, 0.3) is 0 Å². The fraction of sp³-hybridized carbons (Fsp3) is 0.800. The van der Waals surface area contributed by atoms with Gasteiger partial charge in [-0.05, 0) is 13.8 Å². The molecule has 2 atom stereocenters. The molecule has 0 amide bonds. The molecule has 0 aliphatic rings. The first-order valence-electron chi connectivity index (χ1n) is 3.11. The number of carbonyl (C=O) groups is 1. The Morgan fingerprint density at radius 3 is 1.92 bits per heavy atom. The normalized spacial score (nSPS) is 19.8. The predicted molar refractivity (Wildman–Crippen MR) is 39.8 cm³/mol. The van der Waals surface area contributed by atoms with Crippen LogP contribution in [0, 0.1) is 0 Å². The van der Waals surface area contributed by atoms with E-state index in [1.807, 2.05) is 0 Å².